The fourth-order valence-electron chi connectivity index (χ4n) is 6.85. The van der Waals surface area contributed by atoms with E-state index in [9.17, 15) is 4.79 Å². The van der Waals surface area contributed by atoms with Gasteiger partial charge in [-0.1, -0.05) is 167 Å². The zero-order chi connectivity index (χ0) is 41.3. The Bertz CT molecular complexity index is 2050. The van der Waals surface area contributed by atoms with Crippen LogP contribution in [0.2, 0.25) is 0 Å². The van der Waals surface area contributed by atoms with Crippen molar-refractivity contribution in [3.63, 3.8) is 0 Å². The molecular formula is C51H86N6O3. The molecule has 9 heteroatoms. The van der Waals surface area contributed by atoms with Crippen molar-refractivity contribution in [2.75, 3.05) is 12.4 Å². The van der Waals surface area contributed by atoms with Gasteiger partial charge in [-0.15, -0.1) is 0 Å². The number of nitrogens with one attached hydrogen (secondary N) is 2. The number of oxime groups is 1. The summed E-state index contributed by atoms with van der Waals surface area (Å²) in [6.07, 6.45) is 6.74. The minimum atomic E-state index is -0.0315. The molecule has 7 rings (SSSR count). The molecule has 0 spiro atoms. The first kappa shape index (κ1) is 57.4. The van der Waals surface area contributed by atoms with Gasteiger partial charge >= 0.3 is 6.03 Å². The number of anilines is 1. The summed E-state index contributed by atoms with van der Waals surface area (Å²) in [5, 5.41) is 19.3. The summed E-state index contributed by atoms with van der Waals surface area (Å²) >= 11 is 0. The number of rotatable bonds is 0. The largest absolute Gasteiger partial charge is 0.387 e. The van der Waals surface area contributed by atoms with Gasteiger partial charge in [0, 0.05) is 35.9 Å². The van der Waals surface area contributed by atoms with Crippen molar-refractivity contribution in [1.82, 2.24) is 20.3 Å². The molecule has 1 aliphatic carbocycles. The third kappa shape index (κ3) is 14.2. The van der Waals surface area contributed by atoms with Gasteiger partial charge in [0.2, 0.25) is 0 Å². The van der Waals surface area contributed by atoms with Crippen molar-refractivity contribution >= 4 is 28.3 Å². The fraction of sp³-hybridized carbons (Fsp3) is 0.569. The maximum atomic E-state index is 11.5. The van der Waals surface area contributed by atoms with Gasteiger partial charge in [0.15, 0.2) is 6.10 Å². The average molecular weight is 831 g/mol. The number of aromatic nitrogens is 3. The second-order valence-electron chi connectivity index (χ2n) is 19.2. The van der Waals surface area contributed by atoms with Gasteiger partial charge in [-0.3, -0.25) is 5.10 Å². The minimum absolute atomic E-state index is 0. The quantitative estimate of drug-likeness (QED) is 0.183. The number of allylic oxidation sites excluding steroid dienone is 2. The van der Waals surface area contributed by atoms with Gasteiger partial charge in [-0.05, 0) is 89.8 Å². The van der Waals surface area contributed by atoms with Gasteiger partial charge in [0.25, 0.3) is 0 Å². The van der Waals surface area contributed by atoms with Crippen LogP contribution in [-0.4, -0.2) is 45.1 Å². The van der Waals surface area contributed by atoms with E-state index >= 15 is 0 Å². The molecule has 9 nitrogen and oxygen atoms in total. The Hall–Kier alpha value is -4.66. The van der Waals surface area contributed by atoms with Crippen LogP contribution in [0.3, 0.4) is 0 Å². The molecule has 2 amide bonds. The Morgan fingerprint density at radius 3 is 1.82 bits per heavy atom. The number of fused-ring (bicyclic) bond motifs is 3. The Kier molecular flexibility index (Phi) is 20.8. The second kappa shape index (κ2) is 21.7. The standard InChI is InChI=1S/C13H18N2O.C12H16N2.C12H17NO.C9H15NO.5CH4/c1-13(2,3)10-5-6-11-9(7-10)8-15(4)12(16)14-11;2*1-8-10-6-5-9(12(2,3)4)7-11(10)14-13-8;1-6-8(9(3,4)5)7(2)11-10-6;;;;;/h5-7H,8H2,1-4H3,(H,14,16);5-7H,1-4H3,(H,13,14);5-7,10-11H,1-4H3;1-5H3;5*1H4. The third-order valence-corrected chi connectivity index (χ3v) is 10.2. The maximum Gasteiger partial charge on any atom is 0.321 e. The van der Waals surface area contributed by atoms with Crippen LogP contribution in [0, 0.1) is 32.1 Å². The first-order chi connectivity index (χ1) is 25.3. The van der Waals surface area contributed by atoms with Gasteiger partial charge in [0.1, 0.15) is 5.76 Å². The highest BCUT2D eigenvalue weighted by atomic mass is 16.6. The Labute approximate surface area is 366 Å². The molecule has 0 radical (unpaired) electrons. The molecule has 4 heterocycles. The molecule has 338 valence electrons. The van der Waals surface area contributed by atoms with Crippen LogP contribution in [0.15, 0.2) is 69.9 Å². The van der Waals surface area contributed by atoms with E-state index in [-0.39, 0.29) is 70.9 Å². The maximum absolute atomic E-state index is 11.5. The molecular weight excluding hydrogens is 745 g/mol. The number of benzene rings is 2. The smallest absolute Gasteiger partial charge is 0.321 e. The molecule has 2 N–H and O–H groups in total. The van der Waals surface area contributed by atoms with Crippen LogP contribution >= 0.6 is 0 Å². The van der Waals surface area contributed by atoms with Crippen LogP contribution in [-0.2, 0) is 27.6 Å². The van der Waals surface area contributed by atoms with Crippen molar-refractivity contribution in [1.29, 1.82) is 0 Å². The molecule has 2 aromatic heterocycles. The molecule has 0 saturated heterocycles. The SMILES string of the molecule is C.C.C.C.C.CC1=NOC2C=C(C(C)(C)C)C=CC12.CN1Cc2cc(C(C)(C)C)ccc2NC1=O.Cc1[nH]nc2cc(C(C)(C)C)ccc12.Cc1noc(C)c1C(C)(C)C. The van der Waals surface area contributed by atoms with Crippen LogP contribution < -0.4 is 5.32 Å². The van der Waals surface area contributed by atoms with E-state index < -0.39 is 0 Å². The molecule has 0 saturated carbocycles. The lowest BCUT2D eigenvalue weighted by atomic mass is 9.80. The Morgan fingerprint density at radius 1 is 0.750 bits per heavy atom. The molecule has 60 heavy (non-hydrogen) atoms. The zero-order valence-electron chi connectivity index (χ0n) is 36.6. The summed E-state index contributed by atoms with van der Waals surface area (Å²) in [6.45, 7) is 35.1. The normalized spacial score (nSPS) is 16.4. The van der Waals surface area contributed by atoms with E-state index in [4.69, 9.17) is 9.36 Å². The lowest BCUT2D eigenvalue weighted by Gasteiger charge is -2.28. The topological polar surface area (TPSA) is 109 Å². The summed E-state index contributed by atoms with van der Waals surface area (Å²) in [7, 11) is 1.81. The highest BCUT2D eigenvalue weighted by molar-refractivity contribution is 5.92. The first-order valence-electron chi connectivity index (χ1n) is 19.4. The first-order valence-corrected chi connectivity index (χ1v) is 19.4. The monoisotopic (exact) mass is 831 g/mol. The molecule has 4 aromatic rings. The van der Waals surface area contributed by atoms with Crippen LogP contribution in [0.5, 0.6) is 0 Å². The molecule has 3 aliphatic rings. The number of carbonyl (C=O) groups is 1. The van der Waals surface area contributed by atoms with Crippen molar-refractivity contribution in [2.24, 2.45) is 16.5 Å². The lowest BCUT2D eigenvalue weighted by Crippen LogP contribution is -2.35. The molecule has 2 aliphatic heterocycles. The molecule has 2 atom stereocenters. The van der Waals surface area contributed by atoms with Crippen molar-refractivity contribution < 1.29 is 14.2 Å². The average Bonchev–Trinajstić information content (AvgIpc) is 3.75. The zero-order valence-corrected chi connectivity index (χ0v) is 36.6. The summed E-state index contributed by atoms with van der Waals surface area (Å²) in [6, 6.07) is 12.7. The number of nitrogens with zero attached hydrogens (tertiary/aromatic N) is 4. The summed E-state index contributed by atoms with van der Waals surface area (Å²) in [5.41, 5.74) is 12.3. The fourth-order valence-corrected chi connectivity index (χ4v) is 6.85. The minimum Gasteiger partial charge on any atom is -0.387 e. The van der Waals surface area contributed by atoms with Gasteiger partial charge in [-0.2, -0.15) is 5.10 Å². The number of urea groups is 1. The Morgan fingerprint density at radius 2 is 1.32 bits per heavy atom. The van der Waals surface area contributed by atoms with Crippen molar-refractivity contribution in [3.05, 3.63) is 99.6 Å². The van der Waals surface area contributed by atoms with Crippen molar-refractivity contribution in [2.45, 2.75) is 177 Å². The number of aromatic amines is 1. The molecule has 0 bridgehead atoms. The number of hydrogen-bond acceptors (Lipinski definition) is 6. The lowest BCUT2D eigenvalue weighted by molar-refractivity contribution is 0.104. The van der Waals surface area contributed by atoms with E-state index in [2.05, 4.69) is 157 Å². The summed E-state index contributed by atoms with van der Waals surface area (Å²) < 4.78 is 5.07. The van der Waals surface area contributed by atoms with E-state index in [0.717, 1.165) is 34.1 Å². The number of H-pyrrole nitrogens is 1. The number of carbonyl (C=O) groups excluding carboxylic acids is 1. The molecule has 0 fully saturated rings. The third-order valence-electron chi connectivity index (χ3n) is 10.2. The summed E-state index contributed by atoms with van der Waals surface area (Å²) in [4.78, 5) is 18.5. The highest BCUT2D eigenvalue weighted by Gasteiger charge is 2.32. The van der Waals surface area contributed by atoms with Gasteiger partial charge in [-0.25, -0.2) is 4.79 Å². The van der Waals surface area contributed by atoms with E-state index in [1.165, 1.54) is 33.2 Å². The molecule has 2 unspecified atom stereocenters. The van der Waals surface area contributed by atoms with E-state index in [0.29, 0.717) is 12.5 Å². The second-order valence-corrected chi connectivity index (χ2v) is 19.2. The highest BCUT2D eigenvalue weighted by Crippen LogP contribution is 2.35. The Balaban J connectivity index is 0. The van der Waals surface area contributed by atoms with Gasteiger partial charge < -0.3 is 19.6 Å². The predicted molar refractivity (Wildman–Crippen MR) is 262 cm³/mol. The molecule has 2 aromatic carbocycles. The van der Waals surface area contributed by atoms with Gasteiger partial charge in [0.05, 0.1) is 22.8 Å². The van der Waals surface area contributed by atoms with E-state index in [1.807, 2.05) is 40.8 Å². The van der Waals surface area contributed by atoms with Crippen LogP contribution in [0.4, 0.5) is 10.5 Å². The van der Waals surface area contributed by atoms with E-state index in [1.54, 1.807) is 4.90 Å². The number of aryl methyl sites for hydroxylation is 3. The number of hydrogen-bond donors (Lipinski definition) is 2. The van der Waals surface area contributed by atoms with Crippen LogP contribution in [0.1, 0.15) is 167 Å². The number of amides is 2. The van der Waals surface area contributed by atoms with Crippen molar-refractivity contribution in [3.8, 4) is 0 Å². The summed E-state index contributed by atoms with van der Waals surface area (Å²) in [5.74, 6) is 1.30. The van der Waals surface area contributed by atoms with Crippen LogP contribution in [0.25, 0.3) is 10.9 Å². The predicted octanol–water partition coefficient (Wildman–Crippen LogP) is 14.8.